The quantitative estimate of drug-likeness (QED) is 0.720. The topological polar surface area (TPSA) is 29.5 Å². The summed E-state index contributed by atoms with van der Waals surface area (Å²) in [6.45, 7) is 15.6. The van der Waals surface area contributed by atoms with Crippen LogP contribution in [0.5, 0.6) is 0 Å². The van der Waals surface area contributed by atoms with E-state index in [-0.39, 0.29) is 16.2 Å². The first kappa shape index (κ1) is 17.7. The van der Waals surface area contributed by atoms with E-state index in [9.17, 15) is 5.11 Å². The molecule has 0 spiro atoms. The van der Waals surface area contributed by atoms with Gasteiger partial charge in [0.05, 0.1) is 6.10 Å². The second-order valence-corrected chi connectivity index (χ2v) is 10.9. The Morgan fingerprint density at radius 1 is 0.826 bits per heavy atom. The van der Waals surface area contributed by atoms with Gasteiger partial charge >= 0.3 is 0 Å². The molecule has 0 aromatic heterocycles. The summed E-state index contributed by atoms with van der Waals surface area (Å²) in [4.78, 5) is 0. The molecule has 0 aliphatic heterocycles. The third kappa shape index (κ3) is 2.59. The van der Waals surface area contributed by atoms with Crippen molar-refractivity contribution >= 4 is 0 Å². The van der Waals surface area contributed by atoms with E-state index in [0.717, 1.165) is 17.8 Å². The number of hydrogen-bond donors (Lipinski definition) is 1. The lowest BCUT2D eigenvalue weighted by atomic mass is 9.54. The summed E-state index contributed by atoms with van der Waals surface area (Å²) in [5.74, 6) is 3.46. The van der Waals surface area contributed by atoms with Gasteiger partial charge in [-0.3, -0.25) is 0 Å². The minimum atomic E-state index is -0.688. The van der Waals surface area contributed by atoms with Crippen LogP contribution in [0.4, 0.5) is 0 Å². The molecule has 2 nitrogen and oxygen atoms in total. The predicted octanol–water partition coefficient (Wildman–Crippen LogP) is 5.24. The molecule has 0 amide bonds. The number of hydrogen-bond acceptors (Lipinski definition) is 2. The van der Waals surface area contributed by atoms with E-state index in [1.54, 1.807) is 0 Å². The molecule has 3 aliphatic rings. The molecule has 0 aromatic carbocycles. The molecular weight excluding hydrogens is 284 g/mol. The van der Waals surface area contributed by atoms with Crippen LogP contribution in [-0.4, -0.2) is 17.5 Å². The Bertz CT molecular complexity index is 428. The molecule has 3 rings (SSSR count). The van der Waals surface area contributed by atoms with Crippen LogP contribution in [0.25, 0.3) is 0 Å². The average molecular weight is 323 g/mol. The molecule has 0 aromatic rings. The smallest absolute Gasteiger partial charge is 0.161 e. The van der Waals surface area contributed by atoms with Crippen LogP contribution < -0.4 is 0 Å². The molecule has 6 atom stereocenters. The van der Waals surface area contributed by atoms with E-state index in [1.807, 2.05) is 0 Å². The first-order chi connectivity index (χ1) is 10.5. The fourth-order valence-corrected chi connectivity index (χ4v) is 6.33. The highest BCUT2D eigenvalue weighted by Gasteiger charge is 2.57. The second-order valence-electron chi connectivity index (χ2n) is 10.9. The molecule has 3 aliphatic carbocycles. The van der Waals surface area contributed by atoms with Gasteiger partial charge in [0, 0.05) is 5.41 Å². The van der Waals surface area contributed by atoms with Gasteiger partial charge in [-0.15, -0.1) is 0 Å². The van der Waals surface area contributed by atoms with Crippen LogP contribution in [0.2, 0.25) is 0 Å². The molecular formula is C21H38O2. The third-order valence-electron chi connectivity index (χ3n) is 8.28. The van der Waals surface area contributed by atoms with Gasteiger partial charge in [-0.1, -0.05) is 54.9 Å². The van der Waals surface area contributed by atoms with Crippen molar-refractivity contribution in [2.24, 2.45) is 39.9 Å². The van der Waals surface area contributed by atoms with Gasteiger partial charge in [0.15, 0.2) is 6.29 Å². The van der Waals surface area contributed by atoms with Crippen LogP contribution >= 0.6 is 0 Å². The summed E-state index contributed by atoms with van der Waals surface area (Å²) in [6, 6.07) is 0. The molecule has 6 unspecified atom stereocenters. The van der Waals surface area contributed by atoms with Crippen LogP contribution in [0, 0.1) is 39.9 Å². The van der Waals surface area contributed by atoms with Crippen molar-refractivity contribution in [3.8, 4) is 0 Å². The van der Waals surface area contributed by atoms with Crippen molar-refractivity contribution in [1.29, 1.82) is 0 Å². The summed E-state index contributed by atoms with van der Waals surface area (Å²) in [6.07, 6.45) is 6.41. The molecule has 23 heavy (non-hydrogen) atoms. The van der Waals surface area contributed by atoms with E-state index < -0.39 is 6.29 Å². The molecule has 0 radical (unpaired) electrons. The highest BCUT2D eigenvalue weighted by molar-refractivity contribution is 5.05. The monoisotopic (exact) mass is 322 g/mol. The van der Waals surface area contributed by atoms with Crippen LogP contribution in [0.3, 0.4) is 0 Å². The Morgan fingerprint density at radius 3 is 1.96 bits per heavy atom. The van der Waals surface area contributed by atoms with Gasteiger partial charge < -0.3 is 9.84 Å². The SMILES string of the molecule is CC(C)(C)C(C)(C(O)OC1CC2CC1C1CCCC21)C(C)(C)C. The minimum Gasteiger partial charge on any atom is -0.367 e. The van der Waals surface area contributed by atoms with E-state index >= 15 is 0 Å². The normalized spacial score (nSPS) is 38.9. The van der Waals surface area contributed by atoms with Gasteiger partial charge in [0.25, 0.3) is 0 Å². The second kappa shape index (κ2) is 5.46. The number of ether oxygens (including phenoxy) is 1. The summed E-state index contributed by atoms with van der Waals surface area (Å²) in [5, 5.41) is 11.1. The lowest BCUT2D eigenvalue weighted by molar-refractivity contribution is -0.264. The van der Waals surface area contributed by atoms with Gasteiger partial charge in [0.1, 0.15) is 0 Å². The number of aliphatic hydroxyl groups is 1. The maximum absolute atomic E-state index is 11.1. The van der Waals surface area contributed by atoms with Crippen molar-refractivity contribution in [2.45, 2.75) is 93.0 Å². The van der Waals surface area contributed by atoms with E-state index in [2.05, 4.69) is 48.5 Å². The number of rotatable bonds is 3. The molecule has 2 bridgehead atoms. The van der Waals surface area contributed by atoms with Crippen molar-refractivity contribution in [3.63, 3.8) is 0 Å². The maximum Gasteiger partial charge on any atom is 0.161 e. The molecule has 0 heterocycles. The zero-order chi connectivity index (χ0) is 17.2. The van der Waals surface area contributed by atoms with E-state index in [1.165, 1.54) is 32.1 Å². The standard InChI is InChI=1S/C21H38O2/c1-19(2,3)21(7,20(4,5)6)18(22)23-17-12-13-11-16(17)15-10-8-9-14(13)15/h13-18,22H,8-12H2,1-7H3. The highest BCUT2D eigenvalue weighted by Crippen LogP contribution is 2.61. The van der Waals surface area contributed by atoms with Gasteiger partial charge in [-0.2, -0.15) is 0 Å². The maximum atomic E-state index is 11.1. The summed E-state index contributed by atoms with van der Waals surface area (Å²) in [7, 11) is 0. The lowest BCUT2D eigenvalue weighted by Crippen LogP contribution is -2.54. The Morgan fingerprint density at radius 2 is 1.39 bits per heavy atom. The Kier molecular flexibility index (Phi) is 4.21. The van der Waals surface area contributed by atoms with Crippen molar-refractivity contribution in [1.82, 2.24) is 0 Å². The Balaban J connectivity index is 1.75. The minimum absolute atomic E-state index is 0.0157. The molecule has 3 saturated carbocycles. The third-order valence-corrected chi connectivity index (χ3v) is 8.28. The zero-order valence-corrected chi connectivity index (χ0v) is 16.4. The fourth-order valence-electron chi connectivity index (χ4n) is 6.33. The molecule has 3 fully saturated rings. The Hall–Kier alpha value is -0.0800. The number of fused-ring (bicyclic) bond motifs is 5. The van der Waals surface area contributed by atoms with E-state index in [4.69, 9.17) is 4.74 Å². The van der Waals surface area contributed by atoms with Crippen molar-refractivity contribution in [2.75, 3.05) is 0 Å². The molecule has 1 N–H and O–H groups in total. The molecule has 134 valence electrons. The largest absolute Gasteiger partial charge is 0.367 e. The number of aliphatic hydroxyl groups excluding tert-OH is 1. The lowest BCUT2D eigenvalue weighted by Gasteiger charge is -2.54. The fraction of sp³-hybridized carbons (Fsp3) is 1.00. The van der Waals surface area contributed by atoms with Crippen LogP contribution in [0.15, 0.2) is 0 Å². The predicted molar refractivity (Wildman–Crippen MR) is 94.9 cm³/mol. The van der Waals surface area contributed by atoms with Crippen molar-refractivity contribution < 1.29 is 9.84 Å². The zero-order valence-electron chi connectivity index (χ0n) is 16.4. The molecule has 2 heteroatoms. The summed E-state index contributed by atoms with van der Waals surface area (Å²) < 4.78 is 6.43. The Labute approximate surface area is 143 Å². The van der Waals surface area contributed by atoms with Gasteiger partial charge in [-0.05, 0) is 60.2 Å². The van der Waals surface area contributed by atoms with Crippen LogP contribution in [-0.2, 0) is 4.74 Å². The highest BCUT2D eigenvalue weighted by atomic mass is 16.6. The average Bonchev–Trinajstić information content (AvgIpc) is 3.06. The van der Waals surface area contributed by atoms with Gasteiger partial charge in [0.2, 0.25) is 0 Å². The first-order valence-corrected chi connectivity index (χ1v) is 9.80. The van der Waals surface area contributed by atoms with Crippen LogP contribution in [0.1, 0.15) is 80.6 Å². The summed E-state index contributed by atoms with van der Waals surface area (Å²) in [5.41, 5.74) is -0.312. The summed E-state index contributed by atoms with van der Waals surface area (Å²) >= 11 is 0. The molecule has 0 saturated heterocycles. The van der Waals surface area contributed by atoms with Crippen molar-refractivity contribution in [3.05, 3.63) is 0 Å². The van der Waals surface area contributed by atoms with E-state index in [0.29, 0.717) is 12.0 Å². The first-order valence-electron chi connectivity index (χ1n) is 9.80. The van der Waals surface area contributed by atoms with Gasteiger partial charge in [-0.25, -0.2) is 0 Å².